The zero-order chi connectivity index (χ0) is 11.0. The van der Waals surface area contributed by atoms with Gasteiger partial charge in [0.15, 0.2) is 0 Å². The zero-order valence-electron chi connectivity index (χ0n) is 9.98. The van der Waals surface area contributed by atoms with Crippen molar-refractivity contribution in [2.45, 2.75) is 39.2 Å². The molecular formula is C13H20N2S. The molecule has 3 heterocycles. The van der Waals surface area contributed by atoms with Crippen molar-refractivity contribution >= 4 is 11.8 Å². The molecule has 3 rings (SSSR count). The van der Waals surface area contributed by atoms with E-state index in [4.69, 9.17) is 4.98 Å². The Morgan fingerprint density at radius 2 is 2.44 bits per heavy atom. The van der Waals surface area contributed by atoms with Crippen LogP contribution in [-0.4, -0.2) is 21.1 Å². The summed E-state index contributed by atoms with van der Waals surface area (Å²) in [5.41, 5.74) is 1.34. The highest BCUT2D eigenvalue weighted by Gasteiger charge is 2.20. The number of imidazole rings is 1. The SMILES string of the molecule is CC1CCc2nc(CC3CCSC3)cn2C1. The van der Waals surface area contributed by atoms with E-state index >= 15 is 0 Å². The van der Waals surface area contributed by atoms with Gasteiger partial charge in [0.2, 0.25) is 0 Å². The maximum atomic E-state index is 4.80. The minimum absolute atomic E-state index is 0.830. The van der Waals surface area contributed by atoms with E-state index in [1.54, 1.807) is 0 Å². The van der Waals surface area contributed by atoms with E-state index < -0.39 is 0 Å². The standard InChI is InChI=1S/C13H20N2S/c1-10-2-3-13-14-12(8-15(13)7-10)6-11-4-5-16-9-11/h8,10-11H,2-7,9H2,1H3. The van der Waals surface area contributed by atoms with Gasteiger partial charge in [-0.3, -0.25) is 0 Å². The molecule has 2 atom stereocenters. The predicted molar refractivity (Wildman–Crippen MR) is 68.8 cm³/mol. The van der Waals surface area contributed by atoms with Crippen LogP contribution in [0.25, 0.3) is 0 Å². The first-order valence-electron chi connectivity index (χ1n) is 6.44. The Labute approximate surface area is 102 Å². The first kappa shape index (κ1) is 10.7. The van der Waals surface area contributed by atoms with Gasteiger partial charge in [0.25, 0.3) is 0 Å². The van der Waals surface area contributed by atoms with Crippen molar-refractivity contribution in [3.05, 3.63) is 17.7 Å². The maximum Gasteiger partial charge on any atom is 0.108 e. The molecule has 0 amide bonds. The Bertz CT molecular complexity index is 366. The van der Waals surface area contributed by atoms with Crippen LogP contribution in [0.5, 0.6) is 0 Å². The van der Waals surface area contributed by atoms with Crippen LogP contribution in [0.1, 0.15) is 31.3 Å². The summed E-state index contributed by atoms with van der Waals surface area (Å²) in [5.74, 6) is 5.75. The lowest BCUT2D eigenvalue weighted by Gasteiger charge is -2.19. The van der Waals surface area contributed by atoms with Gasteiger partial charge in [-0.25, -0.2) is 4.98 Å². The largest absolute Gasteiger partial charge is 0.334 e. The highest BCUT2D eigenvalue weighted by Crippen LogP contribution is 2.27. The van der Waals surface area contributed by atoms with Gasteiger partial charge in [-0.1, -0.05) is 6.92 Å². The van der Waals surface area contributed by atoms with Gasteiger partial charge in [-0.15, -0.1) is 0 Å². The van der Waals surface area contributed by atoms with Gasteiger partial charge in [0.1, 0.15) is 5.82 Å². The molecule has 1 aromatic rings. The highest BCUT2D eigenvalue weighted by molar-refractivity contribution is 7.99. The highest BCUT2D eigenvalue weighted by atomic mass is 32.2. The van der Waals surface area contributed by atoms with Crippen LogP contribution in [0.3, 0.4) is 0 Å². The second kappa shape index (κ2) is 4.44. The molecule has 2 aliphatic rings. The van der Waals surface area contributed by atoms with Gasteiger partial charge in [0.05, 0.1) is 5.69 Å². The van der Waals surface area contributed by atoms with Crippen LogP contribution in [0.15, 0.2) is 6.20 Å². The molecule has 1 aromatic heterocycles. The van der Waals surface area contributed by atoms with E-state index in [1.165, 1.54) is 55.3 Å². The van der Waals surface area contributed by atoms with Gasteiger partial charge in [-0.2, -0.15) is 11.8 Å². The van der Waals surface area contributed by atoms with E-state index in [0.29, 0.717) is 0 Å². The van der Waals surface area contributed by atoms with Crippen molar-refractivity contribution in [1.29, 1.82) is 0 Å². The molecule has 2 unspecified atom stereocenters. The van der Waals surface area contributed by atoms with Crippen molar-refractivity contribution < 1.29 is 0 Å². The van der Waals surface area contributed by atoms with Crippen LogP contribution in [0.4, 0.5) is 0 Å². The third-order valence-corrected chi connectivity index (χ3v) is 5.03. The molecular weight excluding hydrogens is 216 g/mol. The van der Waals surface area contributed by atoms with Gasteiger partial charge < -0.3 is 4.57 Å². The van der Waals surface area contributed by atoms with Gasteiger partial charge in [0, 0.05) is 19.2 Å². The van der Waals surface area contributed by atoms with Crippen molar-refractivity contribution in [2.24, 2.45) is 11.8 Å². The second-order valence-electron chi connectivity index (χ2n) is 5.38. The summed E-state index contributed by atoms with van der Waals surface area (Å²) in [4.78, 5) is 4.80. The minimum Gasteiger partial charge on any atom is -0.334 e. The fourth-order valence-electron chi connectivity index (χ4n) is 2.81. The second-order valence-corrected chi connectivity index (χ2v) is 6.53. The lowest BCUT2D eigenvalue weighted by molar-refractivity contribution is 0.394. The summed E-state index contributed by atoms with van der Waals surface area (Å²) < 4.78 is 2.39. The molecule has 0 aromatic carbocycles. The lowest BCUT2D eigenvalue weighted by atomic mass is 10.0. The van der Waals surface area contributed by atoms with Crippen LogP contribution >= 0.6 is 11.8 Å². The molecule has 0 N–H and O–H groups in total. The molecule has 16 heavy (non-hydrogen) atoms. The molecule has 3 heteroatoms. The lowest BCUT2D eigenvalue weighted by Crippen LogP contribution is -2.17. The number of aromatic nitrogens is 2. The molecule has 0 saturated carbocycles. The van der Waals surface area contributed by atoms with Crippen molar-refractivity contribution in [3.8, 4) is 0 Å². The van der Waals surface area contributed by atoms with E-state index in [0.717, 1.165) is 11.8 Å². The minimum atomic E-state index is 0.830. The Kier molecular flexibility index (Phi) is 2.97. The summed E-state index contributed by atoms with van der Waals surface area (Å²) in [6.07, 6.45) is 7.41. The zero-order valence-corrected chi connectivity index (χ0v) is 10.8. The third-order valence-electron chi connectivity index (χ3n) is 3.80. The predicted octanol–water partition coefficient (Wildman–Crippen LogP) is 2.76. The molecule has 2 aliphatic heterocycles. The summed E-state index contributed by atoms with van der Waals surface area (Å²) in [5, 5.41) is 0. The van der Waals surface area contributed by atoms with Crippen molar-refractivity contribution in [3.63, 3.8) is 0 Å². The molecule has 2 nitrogen and oxygen atoms in total. The van der Waals surface area contributed by atoms with E-state index in [9.17, 15) is 0 Å². The first-order chi connectivity index (χ1) is 7.81. The van der Waals surface area contributed by atoms with Crippen molar-refractivity contribution in [1.82, 2.24) is 9.55 Å². The number of fused-ring (bicyclic) bond motifs is 1. The number of rotatable bonds is 2. The summed E-state index contributed by atoms with van der Waals surface area (Å²) in [7, 11) is 0. The van der Waals surface area contributed by atoms with Crippen LogP contribution in [0, 0.1) is 11.8 Å². The fraction of sp³-hybridized carbons (Fsp3) is 0.769. The Hall–Kier alpha value is -0.440. The molecule has 1 saturated heterocycles. The number of hydrogen-bond acceptors (Lipinski definition) is 2. The average molecular weight is 236 g/mol. The van der Waals surface area contributed by atoms with Crippen LogP contribution in [-0.2, 0) is 19.4 Å². The smallest absolute Gasteiger partial charge is 0.108 e. The molecule has 0 radical (unpaired) electrons. The third kappa shape index (κ3) is 2.15. The summed E-state index contributed by atoms with van der Waals surface area (Å²) in [6, 6.07) is 0. The number of nitrogens with zero attached hydrogens (tertiary/aromatic N) is 2. The maximum absolute atomic E-state index is 4.80. The van der Waals surface area contributed by atoms with Crippen LogP contribution < -0.4 is 0 Å². The number of thioether (sulfide) groups is 1. The topological polar surface area (TPSA) is 17.8 Å². The summed E-state index contributed by atoms with van der Waals surface area (Å²) in [6.45, 7) is 3.53. The fourth-order valence-corrected chi connectivity index (χ4v) is 4.10. The van der Waals surface area contributed by atoms with Crippen molar-refractivity contribution in [2.75, 3.05) is 11.5 Å². The number of aryl methyl sites for hydroxylation is 1. The van der Waals surface area contributed by atoms with Gasteiger partial charge in [-0.05, 0) is 42.6 Å². The summed E-state index contributed by atoms with van der Waals surface area (Å²) >= 11 is 2.10. The monoisotopic (exact) mass is 236 g/mol. The van der Waals surface area contributed by atoms with E-state index in [1.807, 2.05) is 0 Å². The normalized spacial score (nSPS) is 29.3. The average Bonchev–Trinajstić information content (AvgIpc) is 2.86. The van der Waals surface area contributed by atoms with Crippen LogP contribution in [0.2, 0.25) is 0 Å². The van der Waals surface area contributed by atoms with E-state index in [-0.39, 0.29) is 0 Å². The quantitative estimate of drug-likeness (QED) is 0.786. The molecule has 1 fully saturated rings. The van der Waals surface area contributed by atoms with E-state index in [2.05, 4.69) is 29.4 Å². The Balaban J connectivity index is 1.71. The molecule has 0 bridgehead atoms. The van der Waals surface area contributed by atoms with Gasteiger partial charge >= 0.3 is 0 Å². The molecule has 0 aliphatic carbocycles. The molecule has 0 spiro atoms. The number of hydrogen-bond donors (Lipinski definition) is 0. The first-order valence-corrected chi connectivity index (χ1v) is 7.59. The molecule has 88 valence electrons. The Morgan fingerprint density at radius 1 is 1.50 bits per heavy atom. The Morgan fingerprint density at radius 3 is 3.25 bits per heavy atom.